The van der Waals surface area contributed by atoms with Gasteiger partial charge in [-0.15, -0.1) is 0 Å². The Balaban J connectivity index is 1.75. The molecule has 0 spiro atoms. The Labute approximate surface area is 140 Å². The molecule has 2 rings (SSSR count). The average molecular weight is 367 g/mol. The molecule has 1 aromatic carbocycles. The van der Waals surface area contributed by atoms with Gasteiger partial charge in [0.05, 0.1) is 6.54 Å². The molecule has 3 N–H and O–H groups in total. The van der Waals surface area contributed by atoms with Crippen LogP contribution in [-0.2, 0) is 11.3 Å². The summed E-state index contributed by atoms with van der Waals surface area (Å²) < 4.78 is 1.06. The lowest BCUT2D eigenvalue weighted by molar-refractivity contribution is -0.122. The number of nitrogens with zero attached hydrogens (tertiary/aromatic N) is 1. The van der Waals surface area contributed by atoms with Crippen molar-refractivity contribution in [1.82, 2.24) is 16.0 Å². The van der Waals surface area contributed by atoms with Crippen molar-refractivity contribution in [3.05, 3.63) is 34.3 Å². The predicted molar refractivity (Wildman–Crippen MR) is 92.7 cm³/mol. The molecule has 1 amide bonds. The van der Waals surface area contributed by atoms with Gasteiger partial charge in [-0.05, 0) is 37.5 Å². The molecular formula is C16H23BrN4O. The van der Waals surface area contributed by atoms with Crippen molar-refractivity contribution < 1.29 is 4.79 Å². The van der Waals surface area contributed by atoms with E-state index >= 15 is 0 Å². The molecule has 0 saturated heterocycles. The van der Waals surface area contributed by atoms with E-state index in [1.54, 1.807) is 0 Å². The van der Waals surface area contributed by atoms with Crippen molar-refractivity contribution in [2.75, 3.05) is 19.6 Å². The van der Waals surface area contributed by atoms with Gasteiger partial charge in [-0.1, -0.05) is 28.1 Å². The molecule has 6 heteroatoms. The van der Waals surface area contributed by atoms with Gasteiger partial charge in [0.1, 0.15) is 0 Å². The van der Waals surface area contributed by atoms with Gasteiger partial charge in [0.15, 0.2) is 5.96 Å². The summed E-state index contributed by atoms with van der Waals surface area (Å²) in [6, 6.07) is 8.11. The second kappa shape index (κ2) is 8.78. The Kier molecular flexibility index (Phi) is 6.71. The third-order valence-corrected chi connectivity index (χ3v) is 3.81. The number of carbonyl (C=O) groups is 1. The van der Waals surface area contributed by atoms with E-state index in [4.69, 9.17) is 0 Å². The van der Waals surface area contributed by atoms with Crippen LogP contribution in [0.2, 0.25) is 0 Å². The number of carbonyl (C=O) groups excluding carboxylic acids is 1. The van der Waals surface area contributed by atoms with Crippen LogP contribution in [0.5, 0.6) is 0 Å². The lowest BCUT2D eigenvalue weighted by Gasteiger charge is -2.12. The first-order chi connectivity index (χ1) is 10.7. The Bertz CT molecular complexity index is 529. The van der Waals surface area contributed by atoms with Crippen LogP contribution in [0.3, 0.4) is 0 Å². The predicted octanol–water partition coefficient (Wildman–Crippen LogP) is 2.03. The topological polar surface area (TPSA) is 65.5 Å². The van der Waals surface area contributed by atoms with Crippen LogP contribution in [0.15, 0.2) is 33.7 Å². The Morgan fingerprint density at radius 3 is 2.73 bits per heavy atom. The van der Waals surface area contributed by atoms with E-state index in [-0.39, 0.29) is 11.8 Å². The minimum Gasteiger partial charge on any atom is -0.357 e. The van der Waals surface area contributed by atoms with Crippen molar-refractivity contribution in [3.63, 3.8) is 0 Å². The van der Waals surface area contributed by atoms with Gasteiger partial charge in [-0.2, -0.15) is 0 Å². The molecule has 0 aromatic heterocycles. The zero-order chi connectivity index (χ0) is 15.8. The molecule has 5 nitrogen and oxygen atoms in total. The lowest BCUT2D eigenvalue weighted by Crippen LogP contribution is -2.41. The number of amides is 1. The van der Waals surface area contributed by atoms with Crippen LogP contribution in [-0.4, -0.2) is 31.5 Å². The van der Waals surface area contributed by atoms with E-state index in [0.717, 1.165) is 35.4 Å². The summed E-state index contributed by atoms with van der Waals surface area (Å²) in [7, 11) is 0. The van der Waals surface area contributed by atoms with Gasteiger partial charge in [0, 0.05) is 30.0 Å². The molecule has 1 aliphatic carbocycles. The van der Waals surface area contributed by atoms with Gasteiger partial charge in [-0.25, -0.2) is 4.99 Å². The number of nitrogens with one attached hydrogen (secondary N) is 3. The Hall–Kier alpha value is -1.56. The van der Waals surface area contributed by atoms with Crippen LogP contribution in [0.1, 0.15) is 25.3 Å². The number of aliphatic imine (C=N–C) groups is 1. The van der Waals surface area contributed by atoms with E-state index < -0.39 is 0 Å². The first-order valence-electron chi connectivity index (χ1n) is 7.73. The summed E-state index contributed by atoms with van der Waals surface area (Å²) in [6.45, 7) is 4.74. The number of rotatable bonds is 7. The summed E-state index contributed by atoms with van der Waals surface area (Å²) in [6.07, 6.45) is 2.08. The van der Waals surface area contributed by atoms with Gasteiger partial charge < -0.3 is 16.0 Å². The number of hydrogen-bond acceptors (Lipinski definition) is 2. The summed E-state index contributed by atoms with van der Waals surface area (Å²) in [4.78, 5) is 16.1. The van der Waals surface area contributed by atoms with Crippen molar-refractivity contribution >= 4 is 27.8 Å². The van der Waals surface area contributed by atoms with Gasteiger partial charge in [0.25, 0.3) is 0 Å². The summed E-state index contributed by atoms with van der Waals surface area (Å²) in [5.41, 5.74) is 1.15. The first-order valence-corrected chi connectivity index (χ1v) is 8.52. The zero-order valence-electron chi connectivity index (χ0n) is 12.9. The molecule has 120 valence electrons. The van der Waals surface area contributed by atoms with Crippen molar-refractivity contribution in [1.29, 1.82) is 0 Å². The summed E-state index contributed by atoms with van der Waals surface area (Å²) >= 11 is 3.46. The maximum Gasteiger partial charge on any atom is 0.223 e. The molecule has 0 unspecified atom stereocenters. The largest absolute Gasteiger partial charge is 0.357 e. The van der Waals surface area contributed by atoms with Crippen molar-refractivity contribution in [2.45, 2.75) is 26.3 Å². The second-order valence-corrected chi connectivity index (χ2v) is 6.23. The third-order valence-electron chi connectivity index (χ3n) is 3.32. The molecule has 1 aromatic rings. The van der Waals surface area contributed by atoms with E-state index in [9.17, 15) is 4.79 Å². The Morgan fingerprint density at radius 2 is 2.05 bits per heavy atom. The van der Waals surface area contributed by atoms with Crippen LogP contribution < -0.4 is 16.0 Å². The monoisotopic (exact) mass is 366 g/mol. The van der Waals surface area contributed by atoms with E-state index in [1.807, 2.05) is 25.1 Å². The molecule has 0 heterocycles. The van der Waals surface area contributed by atoms with E-state index in [2.05, 4.69) is 42.9 Å². The highest BCUT2D eigenvalue weighted by Gasteiger charge is 2.28. The molecule has 22 heavy (non-hydrogen) atoms. The maximum absolute atomic E-state index is 11.5. The molecule has 1 fully saturated rings. The molecule has 1 aliphatic rings. The first kappa shape index (κ1) is 16.8. The fourth-order valence-corrected chi connectivity index (χ4v) is 2.45. The highest BCUT2D eigenvalue weighted by Crippen LogP contribution is 2.28. The number of halogens is 1. The van der Waals surface area contributed by atoms with Crippen LogP contribution >= 0.6 is 15.9 Å². The maximum atomic E-state index is 11.5. The van der Waals surface area contributed by atoms with Crippen molar-refractivity contribution in [2.24, 2.45) is 10.9 Å². The minimum absolute atomic E-state index is 0.179. The second-order valence-electron chi connectivity index (χ2n) is 5.32. The van der Waals surface area contributed by atoms with Crippen LogP contribution in [0.25, 0.3) is 0 Å². The lowest BCUT2D eigenvalue weighted by atomic mass is 10.2. The van der Waals surface area contributed by atoms with E-state index in [0.29, 0.717) is 19.6 Å². The molecule has 1 saturated carbocycles. The minimum atomic E-state index is 0.179. The SMILES string of the molecule is CCNC(=NCc1cccc(Br)c1)NCCNC(=O)C1CC1. The number of benzene rings is 1. The van der Waals surface area contributed by atoms with Crippen molar-refractivity contribution in [3.8, 4) is 0 Å². The fraction of sp³-hybridized carbons (Fsp3) is 0.500. The molecular weight excluding hydrogens is 344 g/mol. The third kappa shape index (κ3) is 6.05. The smallest absolute Gasteiger partial charge is 0.223 e. The standard InChI is InChI=1S/C16H23BrN4O/c1-2-18-16(20-9-8-19-15(22)13-6-7-13)21-11-12-4-3-5-14(17)10-12/h3-5,10,13H,2,6-9,11H2,1H3,(H,19,22)(H2,18,20,21). The van der Waals surface area contributed by atoms with Gasteiger partial charge in [-0.3, -0.25) is 4.79 Å². The average Bonchev–Trinajstić information content (AvgIpc) is 3.33. The molecule has 0 bridgehead atoms. The highest BCUT2D eigenvalue weighted by atomic mass is 79.9. The summed E-state index contributed by atoms with van der Waals surface area (Å²) in [5, 5.41) is 9.37. The highest BCUT2D eigenvalue weighted by molar-refractivity contribution is 9.10. The van der Waals surface area contributed by atoms with Crippen LogP contribution in [0, 0.1) is 5.92 Å². The number of hydrogen-bond donors (Lipinski definition) is 3. The molecule has 0 aliphatic heterocycles. The summed E-state index contributed by atoms with van der Waals surface area (Å²) in [5.74, 6) is 1.21. The van der Waals surface area contributed by atoms with E-state index in [1.165, 1.54) is 0 Å². The quantitative estimate of drug-likeness (QED) is 0.393. The fourth-order valence-electron chi connectivity index (χ4n) is 2.00. The zero-order valence-corrected chi connectivity index (χ0v) is 14.4. The molecule has 0 atom stereocenters. The van der Waals surface area contributed by atoms with Gasteiger partial charge >= 0.3 is 0 Å². The van der Waals surface area contributed by atoms with Gasteiger partial charge in [0.2, 0.25) is 5.91 Å². The Morgan fingerprint density at radius 1 is 1.27 bits per heavy atom. The van der Waals surface area contributed by atoms with Crippen LogP contribution in [0.4, 0.5) is 0 Å². The normalized spacial score (nSPS) is 14.5. The number of guanidine groups is 1. The molecule has 0 radical (unpaired) electrons.